The fraction of sp³-hybridized carbons (Fsp3) is 0.857. The molecule has 0 saturated heterocycles. The van der Waals surface area contributed by atoms with Gasteiger partial charge in [-0.3, -0.25) is 9.59 Å². The van der Waals surface area contributed by atoms with Gasteiger partial charge in [0.1, 0.15) is 0 Å². The van der Waals surface area contributed by atoms with Crippen molar-refractivity contribution in [2.24, 2.45) is 0 Å². The van der Waals surface area contributed by atoms with Crippen LogP contribution in [0.15, 0.2) is 60.8 Å². The van der Waals surface area contributed by atoms with Gasteiger partial charge in [-0.2, -0.15) is 0 Å². The van der Waals surface area contributed by atoms with Gasteiger partial charge in [0.25, 0.3) is 0 Å². The summed E-state index contributed by atoms with van der Waals surface area (Å²) in [7, 11) is 0. The number of carbonyl (C=O) groups excluding carboxylic acids is 2. The van der Waals surface area contributed by atoms with E-state index in [0.717, 1.165) is 57.8 Å². The van der Waals surface area contributed by atoms with Crippen LogP contribution in [0.4, 0.5) is 0 Å². The zero-order chi connectivity index (χ0) is 64.9. The molecule has 2 unspecified atom stereocenters. The summed E-state index contributed by atoms with van der Waals surface area (Å²) in [5.74, 6) is -0.0491. The third kappa shape index (κ3) is 74.6. The number of carbonyl (C=O) groups is 2. The van der Waals surface area contributed by atoms with Gasteiger partial charge >= 0.3 is 5.97 Å². The highest BCUT2D eigenvalue weighted by Gasteiger charge is 2.18. The first kappa shape index (κ1) is 87.6. The molecule has 6 nitrogen and oxygen atoms in total. The minimum Gasteiger partial charge on any atom is -0.466 e. The Hall–Kier alpha value is -2.44. The van der Waals surface area contributed by atoms with E-state index >= 15 is 0 Å². The SMILES string of the molecule is CCCCC/C=C\C/C=C\CCCCCCCCCCCC(=O)OCCCCCCCCCCCCC/C=C\C/C=C\CCCCCCCCCCCCCCCCCCCC(=O)NC(CO)C(O)/C=C/CCCCCCCCCCCCCCCCCCC. The third-order valence-electron chi connectivity index (χ3n) is 18.8. The molecule has 0 fully saturated rings. The molecule has 0 bridgehead atoms. The molecule has 0 aromatic rings. The van der Waals surface area contributed by atoms with E-state index < -0.39 is 12.1 Å². The Morgan fingerprint density at radius 3 is 0.867 bits per heavy atom. The number of allylic oxidation sites excluding steroid dienone is 9. The van der Waals surface area contributed by atoms with Crippen LogP contribution in [0.2, 0.25) is 0 Å². The van der Waals surface area contributed by atoms with Crippen molar-refractivity contribution in [1.29, 1.82) is 0 Å². The van der Waals surface area contributed by atoms with Crippen LogP contribution in [-0.4, -0.2) is 47.4 Å². The molecule has 1 amide bonds. The number of amides is 1. The Morgan fingerprint density at radius 1 is 0.311 bits per heavy atom. The van der Waals surface area contributed by atoms with Crippen molar-refractivity contribution in [3.8, 4) is 0 Å². The number of hydrogen-bond donors (Lipinski definition) is 3. The molecule has 0 aliphatic carbocycles. The Kier molecular flexibility index (Phi) is 76.9. The van der Waals surface area contributed by atoms with Crippen molar-refractivity contribution in [2.45, 2.75) is 450 Å². The lowest BCUT2D eigenvalue weighted by molar-refractivity contribution is -0.143. The van der Waals surface area contributed by atoms with Crippen molar-refractivity contribution < 1.29 is 24.5 Å². The zero-order valence-electron chi connectivity index (χ0n) is 60.6. The van der Waals surface area contributed by atoms with E-state index in [9.17, 15) is 19.8 Å². The maximum absolute atomic E-state index is 12.5. The van der Waals surface area contributed by atoms with Crippen LogP contribution < -0.4 is 5.32 Å². The fourth-order valence-corrected chi connectivity index (χ4v) is 12.6. The van der Waals surface area contributed by atoms with Gasteiger partial charge in [0, 0.05) is 12.8 Å². The van der Waals surface area contributed by atoms with Gasteiger partial charge in [0.05, 0.1) is 25.4 Å². The summed E-state index contributed by atoms with van der Waals surface area (Å²) in [6.45, 7) is 4.92. The topological polar surface area (TPSA) is 95.9 Å². The number of unbranched alkanes of at least 4 members (excludes halogenated alkanes) is 57. The lowest BCUT2D eigenvalue weighted by atomic mass is 10.0. The molecule has 0 spiro atoms. The molecule has 90 heavy (non-hydrogen) atoms. The first-order valence-corrected chi connectivity index (χ1v) is 40.6. The van der Waals surface area contributed by atoms with E-state index in [-0.39, 0.29) is 18.5 Å². The maximum atomic E-state index is 12.5. The number of ether oxygens (including phenoxy) is 1. The second kappa shape index (κ2) is 79.0. The molecule has 0 radical (unpaired) electrons. The lowest BCUT2D eigenvalue weighted by Crippen LogP contribution is -2.45. The summed E-state index contributed by atoms with van der Waals surface area (Å²) in [6.07, 6.45) is 106. The van der Waals surface area contributed by atoms with Gasteiger partial charge < -0.3 is 20.3 Å². The number of hydrogen-bond acceptors (Lipinski definition) is 5. The third-order valence-corrected chi connectivity index (χ3v) is 18.8. The van der Waals surface area contributed by atoms with Gasteiger partial charge in [0.15, 0.2) is 0 Å². The molecule has 0 aromatic carbocycles. The monoisotopic (exact) mass is 1260 g/mol. The molecule has 0 rings (SSSR count). The highest BCUT2D eigenvalue weighted by atomic mass is 16.5. The van der Waals surface area contributed by atoms with Crippen molar-refractivity contribution in [2.75, 3.05) is 13.2 Å². The summed E-state index contributed by atoms with van der Waals surface area (Å²) in [5, 5.41) is 23.3. The maximum Gasteiger partial charge on any atom is 0.305 e. The molecule has 528 valence electrons. The van der Waals surface area contributed by atoms with E-state index in [1.165, 1.54) is 353 Å². The van der Waals surface area contributed by atoms with E-state index in [4.69, 9.17) is 4.74 Å². The normalized spacial score (nSPS) is 12.8. The van der Waals surface area contributed by atoms with Crippen molar-refractivity contribution in [3.63, 3.8) is 0 Å². The van der Waals surface area contributed by atoms with Crippen LogP contribution >= 0.6 is 0 Å². The first-order chi connectivity index (χ1) is 44.5. The Bertz CT molecular complexity index is 1550. The van der Waals surface area contributed by atoms with Gasteiger partial charge in [0.2, 0.25) is 5.91 Å². The van der Waals surface area contributed by atoms with Gasteiger partial charge in [-0.25, -0.2) is 0 Å². The largest absolute Gasteiger partial charge is 0.466 e. The zero-order valence-corrected chi connectivity index (χ0v) is 60.6. The number of aliphatic hydroxyl groups is 2. The average molecular weight is 1260 g/mol. The molecule has 0 heterocycles. The number of esters is 1. The average Bonchev–Trinajstić information content (AvgIpc) is 3.74. The minimum absolute atomic E-state index is 0.0131. The molecule has 0 saturated carbocycles. The summed E-state index contributed by atoms with van der Waals surface area (Å²) in [5.41, 5.74) is 0. The minimum atomic E-state index is -0.845. The highest BCUT2D eigenvalue weighted by molar-refractivity contribution is 5.76. The highest BCUT2D eigenvalue weighted by Crippen LogP contribution is 2.19. The lowest BCUT2D eigenvalue weighted by Gasteiger charge is -2.20. The van der Waals surface area contributed by atoms with Crippen LogP contribution in [0.25, 0.3) is 0 Å². The first-order valence-electron chi connectivity index (χ1n) is 40.6. The second-order valence-electron chi connectivity index (χ2n) is 27.7. The molecule has 2 atom stereocenters. The number of rotatable bonds is 76. The van der Waals surface area contributed by atoms with E-state index in [1.54, 1.807) is 6.08 Å². The molecule has 0 aromatic heterocycles. The molecule has 3 N–H and O–H groups in total. The molecular weight excluding hydrogens is 1100 g/mol. The van der Waals surface area contributed by atoms with E-state index in [1.807, 2.05) is 6.08 Å². The summed E-state index contributed by atoms with van der Waals surface area (Å²) in [4.78, 5) is 24.7. The van der Waals surface area contributed by atoms with Crippen LogP contribution in [-0.2, 0) is 14.3 Å². The standard InChI is InChI=1S/C84H157NO5/c1-3-5-7-9-11-13-15-17-19-21-40-44-48-52-56-60-64-68-72-76-82(87)81(80-86)85-83(88)77-73-69-65-61-57-53-49-45-42-38-36-34-32-30-28-26-24-23-25-27-29-31-33-35-37-39-43-47-51-55-59-63-67-71-75-79-90-84(89)78-74-70-66-62-58-54-50-46-41-22-20-18-16-14-12-10-8-6-4-2/h12,14,18,20,25,27,31,33,72,76,81-82,86-87H,3-11,13,15-17,19,21-24,26,28-30,32,34-71,73-75,77-80H2,1-2H3,(H,85,88)/b14-12-,20-18-,27-25-,33-31-,76-72+. The number of aliphatic hydroxyl groups excluding tert-OH is 2. The quantitative estimate of drug-likeness (QED) is 0.0320. The predicted octanol–water partition coefficient (Wildman–Crippen LogP) is 26.9. The Balaban J connectivity index is 3.38. The molecule has 0 aliphatic heterocycles. The smallest absolute Gasteiger partial charge is 0.305 e. The predicted molar refractivity (Wildman–Crippen MR) is 398 cm³/mol. The Labute approximate surface area is 562 Å². The van der Waals surface area contributed by atoms with Crippen molar-refractivity contribution in [1.82, 2.24) is 5.32 Å². The van der Waals surface area contributed by atoms with Gasteiger partial charge in [-0.15, -0.1) is 0 Å². The second-order valence-corrected chi connectivity index (χ2v) is 27.7. The van der Waals surface area contributed by atoms with E-state index in [0.29, 0.717) is 19.4 Å². The number of nitrogens with one attached hydrogen (secondary N) is 1. The van der Waals surface area contributed by atoms with Crippen molar-refractivity contribution >= 4 is 11.9 Å². The van der Waals surface area contributed by atoms with Crippen LogP contribution in [0.5, 0.6) is 0 Å². The van der Waals surface area contributed by atoms with Gasteiger partial charge in [-0.1, -0.05) is 389 Å². The Morgan fingerprint density at radius 2 is 0.556 bits per heavy atom. The van der Waals surface area contributed by atoms with Crippen LogP contribution in [0, 0.1) is 0 Å². The fourth-order valence-electron chi connectivity index (χ4n) is 12.6. The summed E-state index contributed by atoms with van der Waals surface area (Å²) < 4.78 is 5.51. The summed E-state index contributed by atoms with van der Waals surface area (Å²) in [6, 6.07) is -0.628. The van der Waals surface area contributed by atoms with Crippen molar-refractivity contribution in [3.05, 3.63) is 60.8 Å². The summed E-state index contributed by atoms with van der Waals surface area (Å²) >= 11 is 0. The molecular formula is C84H157NO5. The van der Waals surface area contributed by atoms with E-state index in [2.05, 4.69) is 67.8 Å². The van der Waals surface area contributed by atoms with Crippen LogP contribution in [0.3, 0.4) is 0 Å². The molecule has 6 heteroatoms. The van der Waals surface area contributed by atoms with Gasteiger partial charge in [-0.05, 0) is 96.3 Å². The molecule has 0 aliphatic rings. The van der Waals surface area contributed by atoms with Crippen LogP contribution in [0.1, 0.15) is 438 Å².